The minimum atomic E-state index is -3.32. The Morgan fingerprint density at radius 3 is 2.47 bits per heavy atom. The number of rotatable bonds is 11. The lowest BCUT2D eigenvalue weighted by molar-refractivity contribution is -0.115. The molecule has 0 bridgehead atoms. The number of aryl methyl sites for hydroxylation is 1. The molecule has 3 heterocycles. The van der Waals surface area contributed by atoms with Crippen LogP contribution in [0.3, 0.4) is 0 Å². The van der Waals surface area contributed by atoms with Gasteiger partial charge in [-0.1, -0.05) is 30.5 Å². The van der Waals surface area contributed by atoms with Gasteiger partial charge >= 0.3 is 0 Å². The summed E-state index contributed by atoms with van der Waals surface area (Å²) in [7, 11) is 1.67. The molecule has 3 atom stereocenters. The summed E-state index contributed by atoms with van der Waals surface area (Å²) in [6.07, 6.45) is -2.80. The second kappa shape index (κ2) is 14.3. The first-order valence-corrected chi connectivity index (χ1v) is 18.0. The first kappa shape index (κ1) is 38.4. The summed E-state index contributed by atoms with van der Waals surface area (Å²) in [6.45, 7) is 4.35. The molecule has 3 unspecified atom stereocenters. The molecule has 0 saturated heterocycles. The maximum atomic E-state index is 15.4. The Balaban J connectivity index is 1.35. The number of amides is 1. The SMILES string of the molecule is CCC(=O)Nc1nn(C)c2c(-c3ccc(C#CC(C)(C)O)nc3C(Cc3cc(F)cc(F)c3)NCCn3nc(C(F)F)c4c3C(F)(F)C3CC43)ccc(Cl)c12. The molecule has 16 heteroatoms. The van der Waals surface area contributed by atoms with Gasteiger partial charge in [-0.3, -0.25) is 14.2 Å². The number of nitrogens with one attached hydrogen (secondary N) is 2. The zero-order valence-corrected chi connectivity index (χ0v) is 30.9. The van der Waals surface area contributed by atoms with E-state index in [2.05, 4.69) is 32.7 Å². The van der Waals surface area contributed by atoms with Gasteiger partial charge in [0.05, 0.1) is 34.2 Å². The number of benzene rings is 2. The molecule has 5 aromatic rings. The van der Waals surface area contributed by atoms with Gasteiger partial charge in [0, 0.05) is 48.7 Å². The fraction of sp³-hybridized carbons (Fsp3) is 0.385. The zero-order valence-electron chi connectivity index (χ0n) is 30.1. The van der Waals surface area contributed by atoms with Crippen molar-refractivity contribution >= 4 is 34.2 Å². The summed E-state index contributed by atoms with van der Waals surface area (Å²) >= 11 is 6.68. The predicted molar refractivity (Wildman–Crippen MR) is 194 cm³/mol. The molecule has 55 heavy (non-hydrogen) atoms. The highest BCUT2D eigenvalue weighted by atomic mass is 35.5. The van der Waals surface area contributed by atoms with Gasteiger partial charge in [-0.25, -0.2) is 22.5 Å². The van der Waals surface area contributed by atoms with E-state index < -0.39 is 58.8 Å². The summed E-state index contributed by atoms with van der Waals surface area (Å²) in [5.41, 5.74) is -0.293. The molecule has 7 rings (SSSR count). The number of hydrogen-bond donors (Lipinski definition) is 3. The van der Waals surface area contributed by atoms with Crippen LogP contribution in [0.4, 0.5) is 32.2 Å². The second-order valence-electron chi connectivity index (χ2n) is 14.4. The van der Waals surface area contributed by atoms with Gasteiger partial charge in [-0.05, 0) is 74.4 Å². The van der Waals surface area contributed by atoms with Crippen LogP contribution in [0.2, 0.25) is 5.02 Å². The average Bonchev–Trinajstić information content (AvgIpc) is 3.64. The number of nitrogens with zero attached hydrogens (tertiary/aromatic N) is 5. The molecule has 1 amide bonds. The third-order valence-corrected chi connectivity index (χ3v) is 10.1. The topological polar surface area (TPSA) is 110 Å². The number of halogens is 7. The highest BCUT2D eigenvalue weighted by Crippen LogP contribution is 2.68. The smallest absolute Gasteiger partial charge is 0.293 e. The fourth-order valence-corrected chi connectivity index (χ4v) is 7.60. The van der Waals surface area contributed by atoms with E-state index >= 15 is 8.78 Å². The molecule has 1 saturated carbocycles. The Morgan fingerprint density at radius 2 is 1.80 bits per heavy atom. The Hall–Kier alpha value is -4.91. The number of carbonyl (C=O) groups is 1. The standard InChI is InChI=1S/C39H36ClF6N7O2/c1-5-29(54)49-37-31-27(40)9-8-24(34(31)52(4)51-37)23-7-6-22(10-11-38(2,3)55)48-32(23)28(16-19-14-20(41)17-21(42)15-19)47-12-13-53-35-30(33(50-53)36(43)44)25-18-26(25)39(35,45)46/h6-9,14-15,17,25-26,28,36,47,55H,5,12-13,16,18H2,1-4H3,(H,49,51,54). The summed E-state index contributed by atoms with van der Waals surface area (Å²) in [4.78, 5) is 17.3. The Bertz CT molecular complexity index is 2370. The normalized spacial score (nSPS) is 17.5. The van der Waals surface area contributed by atoms with Gasteiger partial charge < -0.3 is 15.7 Å². The molecule has 9 nitrogen and oxygen atoms in total. The van der Waals surface area contributed by atoms with Crippen LogP contribution >= 0.6 is 11.6 Å². The van der Waals surface area contributed by atoms with Crippen molar-refractivity contribution in [2.75, 3.05) is 11.9 Å². The third-order valence-electron chi connectivity index (χ3n) is 9.80. The summed E-state index contributed by atoms with van der Waals surface area (Å²) in [5, 5.41) is 25.6. The van der Waals surface area contributed by atoms with Gasteiger partial charge in [0.1, 0.15) is 34.3 Å². The molecule has 0 spiro atoms. The monoisotopic (exact) mass is 783 g/mol. The van der Waals surface area contributed by atoms with Crippen LogP contribution in [0.1, 0.15) is 85.9 Å². The molecule has 2 aliphatic carbocycles. The van der Waals surface area contributed by atoms with Crippen LogP contribution in [0.15, 0.2) is 42.5 Å². The molecule has 0 radical (unpaired) electrons. The Labute approximate surface area is 317 Å². The maximum Gasteiger partial charge on any atom is 0.293 e. The van der Waals surface area contributed by atoms with E-state index in [0.717, 1.165) is 22.9 Å². The van der Waals surface area contributed by atoms with Crippen molar-refractivity contribution in [1.82, 2.24) is 29.9 Å². The zero-order chi connectivity index (χ0) is 39.6. The van der Waals surface area contributed by atoms with E-state index in [4.69, 9.17) is 16.6 Å². The third kappa shape index (κ3) is 7.42. The number of aliphatic hydroxyl groups is 1. The predicted octanol–water partition coefficient (Wildman–Crippen LogP) is 7.95. The van der Waals surface area contributed by atoms with Gasteiger partial charge in [0.15, 0.2) is 5.82 Å². The van der Waals surface area contributed by atoms with E-state index in [-0.39, 0.29) is 60.9 Å². The number of aromatic nitrogens is 5. The van der Waals surface area contributed by atoms with Gasteiger partial charge in [0.2, 0.25) is 5.91 Å². The van der Waals surface area contributed by atoms with E-state index in [1.807, 2.05) is 0 Å². The minimum Gasteiger partial charge on any atom is -0.378 e. The van der Waals surface area contributed by atoms with Crippen LogP contribution in [-0.4, -0.2) is 47.7 Å². The number of pyridine rings is 1. The van der Waals surface area contributed by atoms with Gasteiger partial charge in [-0.2, -0.15) is 19.0 Å². The number of anilines is 1. The van der Waals surface area contributed by atoms with Crippen molar-refractivity contribution in [3.63, 3.8) is 0 Å². The molecule has 3 N–H and O–H groups in total. The fourth-order valence-electron chi connectivity index (χ4n) is 7.36. The van der Waals surface area contributed by atoms with E-state index in [9.17, 15) is 27.5 Å². The molecule has 2 aromatic carbocycles. The van der Waals surface area contributed by atoms with Gasteiger partial charge in [-0.15, -0.1) is 0 Å². The van der Waals surface area contributed by atoms with E-state index in [1.165, 1.54) is 13.8 Å². The molecular formula is C39H36ClF6N7O2. The average molecular weight is 784 g/mol. The molecule has 3 aromatic heterocycles. The highest BCUT2D eigenvalue weighted by molar-refractivity contribution is 6.37. The van der Waals surface area contributed by atoms with Crippen LogP contribution in [0, 0.1) is 29.4 Å². The maximum absolute atomic E-state index is 15.4. The first-order chi connectivity index (χ1) is 26.0. The molecule has 2 aliphatic rings. The Morgan fingerprint density at radius 1 is 1.09 bits per heavy atom. The number of alkyl halides is 4. The minimum absolute atomic E-state index is 0.0726. The molecule has 1 fully saturated rings. The van der Waals surface area contributed by atoms with Crippen molar-refractivity contribution < 1.29 is 36.2 Å². The summed E-state index contributed by atoms with van der Waals surface area (Å²) in [5.74, 6) is -1.14. The molecule has 0 aliphatic heterocycles. The Kier molecular flexibility index (Phi) is 9.98. The van der Waals surface area contributed by atoms with E-state index in [1.54, 1.807) is 42.9 Å². The number of carbonyl (C=O) groups excluding carboxylic acids is 1. The molecular weight excluding hydrogens is 748 g/mol. The molecule has 288 valence electrons. The quantitative estimate of drug-likeness (QED) is 0.0927. The number of fused-ring (bicyclic) bond motifs is 4. The second-order valence-corrected chi connectivity index (χ2v) is 14.8. The van der Waals surface area contributed by atoms with Crippen molar-refractivity contribution in [2.24, 2.45) is 13.0 Å². The van der Waals surface area contributed by atoms with Crippen molar-refractivity contribution in [3.8, 4) is 23.0 Å². The van der Waals surface area contributed by atoms with E-state index in [0.29, 0.717) is 32.7 Å². The largest absolute Gasteiger partial charge is 0.378 e. The lowest BCUT2D eigenvalue weighted by atomic mass is 9.93. The highest BCUT2D eigenvalue weighted by Gasteiger charge is 2.67. The van der Waals surface area contributed by atoms with Crippen molar-refractivity contribution in [3.05, 3.63) is 93.0 Å². The first-order valence-electron chi connectivity index (χ1n) is 17.6. The van der Waals surface area contributed by atoms with Crippen LogP contribution in [-0.2, 0) is 30.7 Å². The lowest BCUT2D eigenvalue weighted by Crippen LogP contribution is -2.30. The van der Waals surface area contributed by atoms with Crippen LogP contribution in [0.25, 0.3) is 22.0 Å². The van der Waals surface area contributed by atoms with Crippen molar-refractivity contribution in [2.45, 2.75) is 76.5 Å². The summed E-state index contributed by atoms with van der Waals surface area (Å²) < 4.78 is 90.3. The summed E-state index contributed by atoms with van der Waals surface area (Å²) in [6, 6.07) is 8.84. The van der Waals surface area contributed by atoms with Crippen LogP contribution < -0.4 is 10.6 Å². The lowest BCUT2D eigenvalue weighted by Gasteiger charge is -2.23. The van der Waals surface area contributed by atoms with Crippen molar-refractivity contribution in [1.29, 1.82) is 0 Å². The van der Waals surface area contributed by atoms with Crippen LogP contribution in [0.5, 0.6) is 0 Å². The van der Waals surface area contributed by atoms with Gasteiger partial charge in [0.25, 0.3) is 12.3 Å². The number of hydrogen-bond acceptors (Lipinski definition) is 6.